The Morgan fingerprint density at radius 1 is 1.18 bits per heavy atom. The van der Waals surface area contributed by atoms with Gasteiger partial charge in [-0.2, -0.15) is 0 Å². The van der Waals surface area contributed by atoms with Crippen LogP contribution in [0.4, 0.5) is 0 Å². The van der Waals surface area contributed by atoms with Gasteiger partial charge in [-0.05, 0) is 37.2 Å². The van der Waals surface area contributed by atoms with Crippen molar-refractivity contribution in [1.29, 1.82) is 0 Å². The molecule has 0 aromatic heterocycles. The van der Waals surface area contributed by atoms with Gasteiger partial charge in [0.25, 0.3) is 5.91 Å². The van der Waals surface area contributed by atoms with Crippen molar-refractivity contribution in [2.45, 2.75) is 26.8 Å². The number of hydroxylamine groups is 1. The van der Waals surface area contributed by atoms with Gasteiger partial charge in [0.1, 0.15) is 0 Å². The van der Waals surface area contributed by atoms with Crippen LogP contribution in [0.1, 0.15) is 42.7 Å². The Hall–Kier alpha value is -1.92. The second-order valence-electron chi connectivity index (χ2n) is 6.67. The highest BCUT2D eigenvalue weighted by Gasteiger charge is 2.28. The van der Waals surface area contributed by atoms with Crippen LogP contribution in [0.5, 0.6) is 0 Å². The lowest BCUT2D eigenvalue weighted by Crippen LogP contribution is -2.40. The van der Waals surface area contributed by atoms with Crippen molar-refractivity contribution in [3.8, 4) is 0 Å². The van der Waals surface area contributed by atoms with E-state index in [9.17, 15) is 9.59 Å². The van der Waals surface area contributed by atoms with Crippen molar-refractivity contribution in [2.24, 2.45) is 5.41 Å². The zero-order chi connectivity index (χ0) is 16.9. The lowest BCUT2D eigenvalue weighted by atomic mass is 9.82. The first-order valence-corrected chi connectivity index (χ1v) is 7.13. The van der Waals surface area contributed by atoms with Crippen molar-refractivity contribution in [1.82, 2.24) is 15.7 Å². The Morgan fingerprint density at radius 2 is 1.73 bits per heavy atom. The molecular formula is C16H25N3O3. The first kappa shape index (κ1) is 18.1. The summed E-state index contributed by atoms with van der Waals surface area (Å²) < 4.78 is 0. The second kappa shape index (κ2) is 7.38. The molecule has 0 aliphatic carbocycles. The summed E-state index contributed by atoms with van der Waals surface area (Å²) in [4.78, 5) is 25.2. The second-order valence-corrected chi connectivity index (χ2v) is 6.67. The molecule has 0 radical (unpaired) electrons. The van der Waals surface area contributed by atoms with Gasteiger partial charge in [0.2, 0.25) is 5.91 Å². The van der Waals surface area contributed by atoms with Crippen LogP contribution in [0, 0.1) is 5.41 Å². The summed E-state index contributed by atoms with van der Waals surface area (Å²) in [5.41, 5.74) is 2.69. The number of carbonyl (C=O) groups is 2. The Bertz CT molecular complexity index is 518. The van der Waals surface area contributed by atoms with Gasteiger partial charge in [-0.1, -0.05) is 32.9 Å². The fraction of sp³-hybridized carbons (Fsp3) is 0.500. The zero-order valence-electron chi connectivity index (χ0n) is 13.8. The number of hydrogen-bond donors (Lipinski definition) is 3. The quantitative estimate of drug-likeness (QED) is 0.570. The number of carbonyl (C=O) groups excluding carboxylic acids is 2. The smallest absolute Gasteiger partial charge is 0.274 e. The van der Waals surface area contributed by atoms with Gasteiger partial charge >= 0.3 is 0 Å². The predicted octanol–water partition coefficient (Wildman–Crippen LogP) is 1.57. The van der Waals surface area contributed by atoms with E-state index < -0.39 is 5.91 Å². The molecule has 1 aromatic carbocycles. The van der Waals surface area contributed by atoms with Crippen molar-refractivity contribution < 1.29 is 14.8 Å². The molecule has 0 aliphatic heterocycles. The third kappa shape index (κ3) is 5.13. The molecule has 0 saturated heterocycles. The van der Waals surface area contributed by atoms with Gasteiger partial charge in [0.05, 0.1) is 12.6 Å². The highest BCUT2D eigenvalue weighted by molar-refractivity contribution is 5.93. The maximum Gasteiger partial charge on any atom is 0.274 e. The molecule has 0 fully saturated rings. The summed E-state index contributed by atoms with van der Waals surface area (Å²) in [6.07, 6.45) is 0. The van der Waals surface area contributed by atoms with Crippen LogP contribution in [0.15, 0.2) is 24.3 Å². The Kier molecular flexibility index (Phi) is 6.08. The molecule has 0 aliphatic rings. The molecule has 1 rings (SSSR count). The van der Waals surface area contributed by atoms with Crippen LogP contribution in [-0.4, -0.2) is 42.6 Å². The fourth-order valence-corrected chi connectivity index (χ4v) is 2.19. The van der Waals surface area contributed by atoms with E-state index in [2.05, 4.69) is 5.32 Å². The van der Waals surface area contributed by atoms with E-state index in [1.165, 1.54) is 0 Å². The number of nitrogens with one attached hydrogen (secondary N) is 2. The van der Waals surface area contributed by atoms with Gasteiger partial charge in [-0.15, -0.1) is 0 Å². The summed E-state index contributed by atoms with van der Waals surface area (Å²) in [7, 11) is 3.68. The van der Waals surface area contributed by atoms with Crippen molar-refractivity contribution in [3.63, 3.8) is 0 Å². The summed E-state index contributed by atoms with van der Waals surface area (Å²) in [6.45, 7) is 6.45. The number of nitrogens with zero attached hydrogens (tertiary/aromatic N) is 1. The molecule has 1 unspecified atom stereocenters. The molecular weight excluding hydrogens is 282 g/mol. The van der Waals surface area contributed by atoms with Gasteiger partial charge in [0, 0.05) is 5.56 Å². The first-order valence-electron chi connectivity index (χ1n) is 7.13. The Labute approximate surface area is 131 Å². The van der Waals surface area contributed by atoms with Gasteiger partial charge < -0.3 is 10.2 Å². The molecule has 6 nitrogen and oxygen atoms in total. The highest BCUT2D eigenvalue weighted by Crippen LogP contribution is 2.32. The zero-order valence-corrected chi connectivity index (χ0v) is 13.8. The molecule has 6 heteroatoms. The maximum absolute atomic E-state index is 12.1. The molecule has 0 spiro atoms. The molecule has 1 aromatic rings. The summed E-state index contributed by atoms with van der Waals surface area (Å²) >= 11 is 0. The van der Waals surface area contributed by atoms with Crippen LogP contribution < -0.4 is 10.8 Å². The van der Waals surface area contributed by atoms with Gasteiger partial charge in [0.15, 0.2) is 0 Å². The van der Waals surface area contributed by atoms with Crippen molar-refractivity contribution in [3.05, 3.63) is 35.4 Å². The van der Waals surface area contributed by atoms with Crippen molar-refractivity contribution >= 4 is 11.8 Å². The largest absolute Gasteiger partial charge is 0.348 e. The van der Waals surface area contributed by atoms with Gasteiger partial charge in [-0.25, -0.2) is 5.48 Å². The lowest BCUT2D eigenvalue weighted by Gasteiger charge is -2.32. The van der Waals surface area contributed by atoms with E-state index in [4.69, 9.17) is 5.21 Å². The summed E-state index contributed by atoms with van der Waals surface area (Å²) in [6, 6.07) is 6.65. The molecule has 0 heterocycles. The summed E-state index contributed by atoms with van der Waals surface area (Å²) in [5, 5.41) is 11.7. The number of likely N-dealkylation sites (N-methyl/N-ethyl adjacent to an activating group) is 1. The Morgan fingerprint density at radius 3 is 2.14 bits per heavy atom. The fourth-order valence-electron chi connectivity index (χ4n) is 2.19. The van der Waals surface area contributed by atoms with E-state index in [1.54, 1.807) is 29.7 Å². The van der Waals surface area contributed by atoms with E-state index in [0.717, 1.165) is 5.56 Å². The SMILES string of the molecule is CN(C)CC(=O)NC(c1ccc(C(=O)NO)cc1)C(C)(C)C. The van der Waals surface area contributed by atoms with Gasteiger partial charge in [-0.3, -0.25) is 14.8 Å². The number of amides is 2. The van der Waals surface area contributed by atoms with Crippen LogP contribution >= 0.6 is 0 Å². The van der Waals surface area contributed by atoms with Crippen LogP contribution in [-0.2, 0) is 4.79 Å². The van der Waals surface area contributed by atoms with Crippen LogP contribution in [0.3, 0.4) is 0 Å². The third-order valence-electron chi connectivity index (χ3n) is 3.24. The minimum Gasteiger partial charge on any atom is -0.348 e. The van der Waals surface area contributed by atoms with Crippen LogP contribution in [0.2, 0.25) is 0 Å². The number of hydrogen-bond acceptors (Lipinski definition) is 4. The number of benzene rings is 1. The molecule has 0 bridgehead atoms. The average Bonchev–Trinajstić information content (AvgIpc) is 2.42. The topological polar surface area (TPSA) is 81.7 Å². The summed E-state index contributed by atoms with van der Waals surface area (Å²) in [5.74, 6) is -0.613. The molecule has 122 valence electrons. The lowest BCUT2D eigenvalue weighted by molar-refractivity contribution is -0.123. The number of rotatable bonds is 5. The monoisotopic (exact) mass is 307 g/mol. The predicted molar refractivity (Wildman–Crippen MR) is 84.6 cm³/mol. The standard InChI is InChI=1S/C16H25N3O3/c1-16(2,3)14(17-13(20)10-19(4)5)11-6-8-12(9-7-11)15(21)18-22/h6-9,14,22H,10H2,1-5H3,(H,17,20)(H,18,21). The van der Waals surface area contributed by atoms with Crippen molar-refractivity contribution in [2.75, 3.05) is 20.6 Å². The minimum absolute atomic E-state index is 0.0536. The van der Waals surface area contributed by atoms with E-state index in [1.807, 2.05) is 39.8 Å². The van der Waals surface area contributed by atoms with Crippen LogP contribution in [0.25, 0.3) is 0 Å². The average molecular weight is 307 g/mol. The first-order chi connectivity index (χ1) is 10.1. The molecule has 2 amide bonds. The normalized spacial score (nSPS) is 12.9. The maximum atomic E-state index is 12.1. The third-order valence-corrected chi connectivity index (χ3v) is 3.24. The molecule has 0 saturated carbocycles. The molecule has 22 heavy (non-hydrogen) atoms. The Balaban J connectivity index is 2.98. The minimum atomic E-state index is -0.560. The van der Waals surface area contributed by atoms with E-state index >= 15 is 0 Å². The highest BCUT2D eigenvalue weighted by atomic mass is 16.5. The van der Waals surface area contributed by atoms with E-state index in [0.29, 0.717) is 12.1 Å². The molecule has 3 N–H and O–H groups in total. The molecule has 1 atom stereocenters. The van der Waals surface area contributed by atoms with E-state index in [-0.39, 0.29) is 17.4 Å².